The third-order valence-electron chi connectivity index (χ3n) is 1.75. The Bertz CT molecular complexity index is 421. The van der Waals surface area contributed by atoms with Crippen molar-refractivity contribution < 1.29 is 9.98 Å². The van der Waals surface area contributed by atoms with Gasteiger partial charge in [0.05, 0.1) is 0 Å². The maximum Gasteiger partial charge on any atom is 0.522 e. The van der Waals surface area contributed by atoms with Crippen molar-refractivity contribution in [1.82, 2.24) is 0 Å². The van der Waals surface area contributed by atoms with Crippen molar-refractivity contribution in [3.63, 3.8) is 0 Å². The summed E-state index contributed by atoms with van der Waals surface area (Å²) in [5.41, 5.74) is 17.9. The highest BCUT2D eigenvalue weighted by Crippen LogP contribution is 2.15. The van der Waals surface area contributed by atoms with E-state index in [2.05, 4.69) is 9.98 Å². The number of rotatable bonds is 1. The molecule has 0 heterocycles. The Balaban J connectivity index is 3.07. The minimum absolute atomic E-state index is 0.0275. The van der Waals surface area contributed by atoms with E-state index in [0.717, 1.165) is 11.3 Å². The highest BCUT2D eigenvalue weighted by molar-refractivity contribution is 6.30. The average molecular weight is 228 g/mol. The minimum atomic E-state index is 0.0275. The standard InChI is InChI=1S/C9H12ClN5/c1-5-2-3-6(10)4-7(5)14-9(13)15-8(11)12/h2-4H,1H3,(H6,11,12,13,14,15)/p+2. The van der Waals surface area contributed by atoms with Gasteiger partial charge in [-0.15, -0.1) is 4.99 Å². The van der Waals surface area contributed by atoms with E-state index in [4.69, 9.17) is 28.8 Å². The van der Waals surface area contributed by atoms with Crippen LogP contribution in [0.15, 0.2) is 18.2 Å². The number of hydrogen-bond acceptors (Lipinski definition) is 0. The van der Waals surface area contributed by atoms with Crippen LogP contribution in [0.3, 0.4) is 0 Å². The quantitative estimate of drug-likeness (QED) is 0.261. The number of nitrogens with two attached hydrogens (primary N) is 3. The number of hydrogen-bond donors (Lipinski definition) is 5. The molecule has 0 unspecified atom stereocenters. The van der Waals surface area contributed by atoms with Crippen LogP contribution in [0, 0.1) is 6.92 Å². The Morgan fingerprint density at radius 1 is 1.27 bits per heavy atom. The number of guanidine groups is 2. The van der Waals surface area contributed by atoms with Crippen molar-refractivity contribution >= 4 is 29.2 Å². The second-order valence-electron chi connectivity index (χ2n) is 3.08. The van der Waals surface area contributed by atoms with Gasteiger partial charge in [-0.2, -0.15) is 4.99 Å². The molecule has 1 aromatic carbocycles. The molecule has 0 aromatic heterocycles. The van der Waals surface area contributed by atoms with Gasteiger partial charge in [-0.1, -0.05) is 17.7 Å². The van der Waals surface area contributed by atoms with E-state index in [1.807, 2.05) is 13.0 Å². The molecule has 0 aliphatic heterocycles. The van der Waals surface area contributed by atoms with Crippen LogP contribution in [-0.2, 0) is 0 Å². The summed E-state index contributed by atoms with van der Waals surface area (Å²) < 4.78 is 0. The topological polar surface area (TPSA) is 106 Å². The molecule has 0 aliphatic carbocycles. The number of aryl methyl sites for hydroxylation is 1. The van der Waals surface area contributed by atoms with Crippen LogP contribution in [-0.4, -0.2) is 11.9 Å². The summed E-state index contributed by atoms with van der Waals surface area (Å²) >= 11 is 5.84. The molecule has 0 spiro atoms. The molecule has 0 fully saturated rings. The Morgan fingerprint density at radius 2 is 1.93 bits per heavy atom. The van der Waals surface area contributed by atoms with Gasteiger partial charge in [0, 0.05) is 16.7 Å². The molecule has 0 bridgehead atoms. The monoisotopic (exact) mass is 227 g/mol. The van der Waals surface area contributed by atoms with Gasteiger partial charge in [0.2, 0.25) is 0 Å². The van der Waals surface area contributed by atoms with Crippen LogP contribution in [0.5, 0.6) is 0 Å². The largest absolute Gasteiger partial charge is 0.522 e. The van der Waals surface area contributed by atoms with Gasteiger partial charge in [-0.05, 0) is 13.0 Å². The molecule has 0 saturated carbocycles. The zero-order valence-corrected chi connectivity index (χ0v) is 9.10. The summed E-state index contributed by atoms with van der Waals surface area (Å²) in [6.45, 7) is 1.93. The van der Waals surface area contributed by atoms with Crippen LogP contribution in [0.4, 0.5) is 5.69 Å². The second-order valence-corrected chi connectivity index (χ2v) is 3.51. The third kappa shape index (κ3) is 3.47. The maximum atomic E-state index is 5.84. The Kier molecular flexibility index (Phi) is 3.51. The number of halogens is 1. The fourth-order valence-corrected chi connectivity index (χ4v) is 1.23. The second kappa shape index (κ2) is 4.65. The average Bonchev–Trinajstić information content (AvgIpc) is 2.10. The lowest BCUT2D eigenvalue weighted by Crippen LogP contribution is -2.96. The lowest BCUT2D eigenvalue weighted by atomic mass is 10.2. The van der Waals surface area contributed by atoms with Crippen LogP contribution in [0.2, 0.25) is 5.02 Å². The molecule has 0 atom stereocenters. The summed E-state index contributed by atoms with van der Waals surface area (Å²) in [5.74, 6) is 0.278. The first-order chi connectivity index (χ1) is 6.99. The number of benzene rings is 1. The predicted octanol–water partition coefficient (Wildman–Crippen LogP) is -2.97. The van der Waals surface area contributed by atoms with E-state index in [0.29, 0.717) is 5.02 Å². The lowest BCUT2D eigenvalue weighted by molar-refractivity contribution is -0.459. The van der Waals surface area contributed by atoms with Gasteiger partial charge >= 0.3 is 5.96 Å². The predicted molar refractivity (Wildman–Crippen MR) is 60.4 cm³/mol. The van der Waals surface area contributed by atoms with Gasteiger partial charge < -0.3 is 11.5 Å². The molecule has 6 heteroatoms. The van der Waals surface area contributed by atoms with Crippen molar-refractivity contribution in [3.8, 4) is 0 Å². The lowest BCUT2D eigenvalue weighted by Gasteiger charge is -1.95. The highest BCUT2D eigenvalue weighted by Gasteiger charge is 2.07. The Hall–Kier alpha value is -1.75. The van der Waals surface area contributed by atoms with Crippen molar-refractivity contribution in [2.75, 3.05) is 0 Å². The van der Waals surface area contributed by atoms with Crippen LogP contribution >= 0.6 is 11.6 Å². The van der Waals surface area contributed by atoms with Crippen LogP contribution in [0.25, 0.3) is 0 Å². The Morgan fingerprint density at radius 3 is 2.53 bits per heavy atom. The van der Waals surface area contributed by atoms with E-state index < -0.39 is 0 Å². The van der Waals surface area contributed by atoms with E-state index in [9.17, 15) is 0 Å². The Labute approximate surface area is 92.6 Å². The van der Waals surface area contributed by atoms with E-state index in [1.54, 1.807) is 12.1 Å². The first-order valence-corrected chi connectivity index (χ1v) is 4.67. The number of nitrogens with one attached hydrogen (secondary N) is 2. The van der Waals surface area contributed by atoms with Crippen molar-refractivity contribution in [2.45, 2.75) is 6.92 Å². The van der Waals surface area contributed by atoms with E-state index in [-0.39, 0.29) is 11.9 Å². The van der Waals surface area contributed by atoms with Crippen LogP contribution in [0.1, 0.15) is 5.56 Å². The molecule has 15 heavy (non-hydrogen) atoms. The van der Waals surface area contributed by atoms with Gasteiger partial charge in [-0.25, -0.2) is 5.73 Å². The maximum absolute atomic E-state index is 5.84. The van der Waals surface area contributed by atoms with Crippen LogP contribution < -0.4 is 27.2 Å². The molecule has 0 amide bonds. The summed E-state index contributed by atoms with van der Waals surface area (Å²) in [5, 5.41) is 0.626. The first kappa shape index (κ1) is 11.3. The van der Waals surface area contributed by atoms with Gasteiger partial charge in [0.25, 0.3) is 5.96 Å². The summed E-state index contributed by atoms with van der Waals surface area (Å²) in [6.07, 6.45) is 0. The summed E-state index contributed by atoms with van der Waals surface area (Å²) in [6, 6.07) is 5.45. The zero-order chi connectivity index (χ0) is 11.4. The molecular weight excluding hydrogens is 214 g/mol. The molecule has 0 saturated heterocycles. The van der Waals surface area contributed by atoms with E-state index >= 15 is 0 Å². The first-order valence-electron chi connectivity index (χ1n) is 4.29. The minimum Gasteiger partial charge on any atom is -0.345 e. The molecule has 80 valence electrons. The highest BCUT2D eigenvalue weighted by atomic mass is 35.5. The van der Waals surface area contributed by atoms with Crippen molar-refractivity contribution in [2.24, 2.45) is 17.2 Å². The van der Waals surface area contributed by atoms with Gasteiger partial charge in [0.1, 0.15) is 0 Å². The van der Waals surface area contributed by atoms with Crippen molar-refractivity contribution in [1.29, 1.82) is 0 Å². The van der Waals surface area contributed by atoms with E-state index in [1.165, 1.54) is 0 Å². The van der Waals surface area contributed by atoms with Gasteiger partial charge in [-0.3, -0.25) is 0 Å². The third-order valence-corrected chi connectivity index (χ3v) is 1.98. The molecule has 5 nitrogen and oxygen atoms in total. The molecular formula is C9H14ClN5+2. The molecule has 8 N–H and O–H groups in total. The summed E-state index contributed by atoms with van der Waals surface area (Å²) in [7, 11) is 0. The molecule has 1 aromatic rings. The molecule has 0 radical (unpaired) electrons. The fourth-order valence-electron chi connectivity index (χ4n) is 1.06. The van der Waals surface area contributed by atoms with Gasteiger partial charge in [0.15, 0.2) is 5.69 Å². The SMILES string of the molecule is Cc1ccc(Cl)cc1[NH+]=C(N)[NH+]=C(N)N. The van der Waals surface area contributed by atoms with Crippen molar-refractivity contribution in [3.05, 3.63) is 28.8 Å². The molecule has 1 rings (SSSR count). The smallest absolute Gasteiger partial charge is 0.345 e. The summed E-state index contributed by atoms with van der Waals surface area (Å²) in [4.78, 5) is 5.45. The normalized spacial score (nSPS) is 11.2. The fraction of sp³-hybridized carbons (Fsp3) is 0.111. The zero-order valence-electron chi connectivity index (χ0n) is 8.34. The molecule has 0 aliphatic rings.